The van der Waals surface area contributed by atoms with Gasteiger partial charge in [-0.05, 0) is 111 Å². The van der Waals surface area contributed by atoms with Gasteiger partial charge in [0.05, 0.1) is 69.7 Å². The number of urea groups is 1. The summed E-state index contributed by atoms with van der Waals surface area (Å²) in [5, 5.41) is 40.7. The van der Waals surface area contributed by atoms with E-state index in [1.165, 1.54) is 38.3 Å². The number of rotatable bonds is 50. The zero-order chi connectivity index (χ0) is 84.6. The Balaban J connectivity index is 1.34. The number of likely N-dealkylation sites (N-methyl/N-ethyl adjacent to an activating group) is 2. The highest BCUT2D eigenvalue weighted by molar-refractivity contribution is 5.99. The first-order valence-corrected chi connectivity index (χ1v) is 39.5. The van der Waals surface area contributed by atoms with Crippen LogP contribution < -0.4 is 48.3 Å². The van der Waals surface area contributed by atoms with Crippen molar-refractivity contribution in [2.24, 2.45) is 35.3 Å². The molecule has 1 unspecified atom stereocenters. The number of hydrogen-bond acceptors (Lipinski definition) is 20. The van der Waals surface area contributed by atoms with E-state index < -0.39 is 169 Å². The normalized spacial score (nSPS) is 17.4. The molecule has 12 N–H and O–H groups in total. The van der Waals surface area contributed by atoms with Gasteiger partial charge in [0, 0.05) is 66.5 Å². The minimum absolute atomic E-state index is 0.0226. The van der Waals surface area contributed by atoms with Crippen LogP contribution in [-0.4, -0.2) is 257 Å². The van der Waals surface area contributed by atoms with E-state index in [0.29, 0.717) is 31.4 Å². The molecule has 12 amide bonds. The van der Waals surface area contributed by atoms with Crippen LogP contribution in [0, 0.1) is 29.6 Å². The van der Waals surface area contributed by atoms with Crippen molar-refractivity contribution < 1.29 is 106 Å². The molecule has 0 saturated carbocycles. The number of methoxy groups -OCH3 is 2. The largest absolute Gasteiger partial charge is 0.481 e. The van der Waals surface area contributed by atoms with E-state index in [4.69, 9.17) is 38.9 Å². The number of aliphatic carboxylic acids is 2. The molecule has 1 fully saturated rings. The predicted octanol–water partition coefficient (Wildman–Crippen LogP) is 5.18. The number of ether oxygens (including phenoxy) is 7. The molecule has 638 valence electrons. The van der Waals surface area contributed by atoms with E-state index in [0.717, 1.165) is 42.6 Å². The summed E-state index contributed by atoms with van der Waals surface area (Å²) in [5.74, 6) is -10.2. The van der Waals surface area contributed by atoms with Gasteiger partial charge in [-0.15, -0.1) is 0 Å². The third-order valence-electron chi connectivity index (χ3n) is 20.2. The van der Waals surface area contributed by atoms with E-state index in [-0.39, 0.29) is 108 Å². The number of amides is 12. The Labute approximate surface area is 669 Å². The molecular formula is C80H126N12O22. The van der Waals surface area contributed by atoms with Crippen molar-refractivity contribution in [3.8, 4) is 0 Å². The Bertz CT molecular complexity index is 3420. The Hall–Kier alpha value is -9.51. The highest BCUT2D eigenvalue weighted by Gasteiger charge is 2.45. The standard InChI is InChI=1S/C80H126N12O22/c1-14-52(8)69(62(108-12)46-64(94)92-39-24-30-61(92)70(109-13)53(9)71(97)87-60(77(103)104)45-54-25-19-18-20-26-54)90(10)76(102)67(50(4)5)89-75(101)68(51(6)7)91(11)80(107)113-47-55-31-33-56(34-32-55)84-72(98)58(29-23-37-82-78(81)105)86-74(100)66(49(2)3)88-73(99)59(35-36-65(95)96)85-63(93)48-112-44-43-111-42-41-110-40-38-83-79(106)114-57-27-21-16-15-17-22-28-57/h15-16,18-20,25-26,31-34,49-53,57-62,66-70H,14,17,21-24,27-30,35-48H2,1-13H3,(H,83,106)(H,84,98)(H,85,93)(H,86,100)(H,87,97)(H,88,99)(H,89,101)(H,95,96)(H,103,104)(H3,81,82,105)/b16-15-/t52-,53+,57?,58-,59-,60-,61-,62+,66-,67-,68-,69-,70+/m0/s1. The molecule has 0 bridgehead atoms. The van der Waals surface area contributed by atoms with Crippen LogP contribution in [0.5, 0.6) is 0 Å². The summed E-state index contributed by atoms with van der Waals surface area (Å²) in [6, 6.07) is 5.58. The lowest BCUT2D eigenvalue weighted by molar-refractivity contribution is -0.148. The van der Waals surface area contributed by atoms with E-state index in [9.17, 15) is 72.5 Å². The van der Waals surface area contributed by atoms with Gasteiger partial charge in [-0.25, -0.2) is 19.2 Å². The number of carbonyl (C=O) groups is 13. The summed E-state index contributed by atoms with van der Waals surface area (Å²) < 4.78 is 39.6. The molecule has 2 aliphatic rings. The quantitative estimate of drug-likeness (QED) is 0.0300. The fourth-order valence-electron chi connectivity index (χ4n) is 13.7. The van der Waals surface area contributed by atoms with Crippen molar-refractivity contribution in [2.45, 2.75) is 225 Å². The van der Waals surface area contributed by atoms with E-state index in [1.54, 1.807) is 96.8 Å². The second kappa shape index (κ2) is 51.4. The van der Waals surface area contributed by atoms with Crippen molar-refractivity contribution in [1.29, 1.82) is 0 Å². The van der Waals surface area contributed by atoms with E-state index in [1.807, 2.05) is 19.9 Å². The highest BCUT2D eigenvalue weighted by Crippen LogP contribution is 2.31. The molecule has 4 rings (SSSR count). The minimum Gasteiger partial charge on any atom is -0.481 e. The van der Waals surface area contributed by atoms with Crippen molar-refractivity contribution >= 4 is 83.1 Å². The molecule has 2 aromatic carbocycles. The van der Waals surface area contributed by atoms with Gasteiger partial charge in [-0.1, -0.05) is 123 Å². The average Bonchev–Trinajstić information content (AvgIpc) is 1.37. The van der Waals surface area contributed by atoms with Crippen LogP contribution in [0.4, 0.5) is 20.1 Å². The lowest BCUT2D eigenvalue weighted by Gasteiger charge is -2.41. The monoisotopic (exact) mass is 1610 g/mol. The number of carboxylic acid groups (broad SMARTS) is 2. The molecule has 114 heavy (non-hydrogen) atoms. The first-order chi connectivity index (χ1) is 54.2. The second-order valence-electron chi connectivity index (χ2n) is 29.9. The Morgan fingerprint density at radius 2 is 1.25 bits per heavy atom. The summed E-state index contributed by atoms with van der Waals surface area (Å²) in [4.78, 5) is 179. The number of carboxylic acids is 2. The summed E-state index contributed by atoms with van der Waals surface area (Å²) in [7, 11) is 5.91. The van der Waals surface area contributed by atoms with Gasteiger partial charge in [-0.2, -0.15) is 0 Å². The number of nitrogens with zero attached hydrogens (tertiary/aromatic N) is 3. The van der Waals surface area contributed by atoms with Gasteiger partial charge in [0.15, 0.2) is 0 Å². The van der Waals surface area contributed by atoms with Gasteiger partial charge in [0.25, 0.3) is 0 Å². The molecule has 0 aromatic heterocycles. The van der Waals surface area contributed by atoms with Crippen LogP contribution in [0.25, 0.3) is 0 Å². The van der Waals surface area contributed by atoms with Gasteiger partial charge in [-0.3, -0.25) is 48.1 Å². The zero-order valence-electron chi connectivity index (χ0n) is 68.5. The van der Waals surface area contributed by atoms with Crippen LogP contribution in [0.3, 0.4) is 0 Å². The van der Waals surface area contributed by atoms with Gasteiger partial charge in [0.1, 0.15) is 55.6 Å². The summed E-state index contributed by atoms with van der Waals surface area (Å²) in [6.07, 6.45) is 6.32. The fraction of sp³-hybridized carbons (Fsp3) is 0.662. The number of primary amides is 1. The molecule has 1 aliphatic heterocycles. The number of hydrogen-bond donors (Lipinski definition) is 11. The topological polar surface area (TPSA) is 459 Å². The maximum Gasteiger partial charge on any atom is 0.410 e. The summed E-state index contributed by atoms with van der Waals surface area (Å²) in [5.41, 5.74) is 6.73. The van der Waals surface area contributed by atoms with E-state index >= 15 is 0 Å². The number of anilines is 1. The third-order valence-corrected chi connectivity index (χ3v) is 20.2. The van der Waals surface area contributed by atoms with Gasteiger partial charge in [0.2, 0.25) is 47.3 Å². The molecular weight excluding hydrogens is 1480 g/mol. The van der Waals surface area contributed by atoms with Crippen LogP contribution in [0.1, 0.15) is 157 Å². The van der Waals surface area contributed by atoms with Crippen LogP contribution >= 0.6 is 0 Å². The first kappa shape index (κ1) is 96.9. The number of nitrogens with two attached hydrogens (primary N) is 1. The van der Waals surface area contributed by atoms with Crippen molar-refractivity contribution in [3.63, 3.8) is 0 Å². The van der Waals surface area contributed by atoms with Crippen molar-refractivity contribution in [3.05, 3.63) is 77.9 Å². The number of carbonyl (C=O) groups excluding carboxylic acids is 11. The maximum absolute atomic E-state index is 14.9. The van der Waals surface area contributed by atoms with Crippen molar-refractivity contribution in [1.82, 2.24) is 51.9 Å². The zero-order valence-corrected chi connectivity index (χ0v) is 68.5. The minimum atomic E-state index is -1.43. The number of nitrogens with one attached hydrogen (secondary N) is 8. The molecule has 2 aromatic rings. The van der Waals surface area contributed by atoms with Gasteiger partial charge < -0.3 is 101 Å². The number of allylic oxidation sites excluding steroid dienone is 2. The molecule has 1 heterocycles. The van der Waals surface area contributed by atoms with Crippen LogP contribution in [-0.2, 0) is 94.1 Å². The molecule has 1 aliphatic carbocycles. The summed E-state index contributed by atoms with van der Waals surface area (Å²) >= 11 is 0. The smallest absolute Gasteiger partial charge is 0.410 e. The first-order valence-electron chi connectivity index (χ1n) is 39.5. The van der Waals surface area contributed by atoms with E-state index in [2.05, 4.69) is 54.7 Å². The number of likely N-dealkylation sites (tertiary alicyclic amines) is 1. The number of alkyl carbamates (subject to hydrolysis) is 1. The molecule has 34 nitrogen and oxygen atoms in total. The van der Waals surface area contributed by atoms with Gasteiger partial charge >= 0.3 is 30.2 Å². The predicted molar refractivity (Wildman–Crippen MR) is 422 cm³/mol. The highest BCUT2D eigenvalue weighted by atomic mass is 16.6. The van der Waals surface area contributed by atoms with Crippen LogP contribution in [0.2, 0.25) is 0 Å². The van der Waals surface area contributed by atoms with Crippen molar-refractivity contribution in [2.75, 3.05) is 92.9 Å². The molecule has 1 saturated heterocycles. The lowest BCUT2D eigenvalue weighted by atomic mass is 9.89. The molecule has 0 radical (unpaired) electrons. The summed E-state index contributed by atoms with van der Waals surface area (Å²) in [6.45, 7) is 16.3. The Kier molecular flexibility index (Phi) is 43.6. The molecule has 0 spiro atoms. The Morgan fingerprint density at radius 1 is 0.614 bits per heavy atom. The Morgan fingerprint density at radius 3 is 1.86 bits per heavy atom. The molecule has 34 heteroatoms. The SMILES string of the molecule is CC[C@H](C)[C@@H]([C@@H](CC(=O)N1CCC[C@H]1[C@H](OC)[C@@H](C)C(=O)N[C@@H](Cc1ccccc1)C(=O)O)OC)N(C)C(=O)[C@@H](NC(=O)[C@H](C(C)C)N(C)C(=O)OCc1ccc(NC(=O)[C@H](CCCNC(N)=O)NC(=O)[C@@H](NC(=O)[C@H](CCC(=O)O)NC(=O)COCCOCCOCCNC(=O)OC2CC/C=C\CCC2)C(C)C)cc1)C(C)C. The average molecular weight is 1610 g/mol. The second-order valence-corrected chi connectivity index (χ2v) is 29.9. The molecule has 13 atom stereocenters. The lowest BCUT2D eigenvalue weighted by Crippen LogP contribution is -2.60. The third kappa shape index (κ3) is 33.5. The number of benzene rings is 2. The fourth-order valence-corrected chi connectivity index (χ4v) is 13.7. The maximum atomic E-state index is 14.9. The van der Waals surface area contributed by atoms with Crippen LogP contribution in [0.15, 0.2) is 66.7 Å².